The van der Waals surface area contributed by atoms with Crippen molar-refractivity contribution in [1.82, 2.24) is 0 Å². The summed E-state index contributed by atoms with van der Waals surface area (Å²) < 4.78 is 20.8. The number of benzene rings is 2. The molecule has 0 spiro atoms. The number of nitrogens with two attached hydrogens (primary N) is 1. The normalized spacial score (nSPS) is 12.2. The van der Waals surface area contributed by atoms with Crippen LogP contribution in [0.2, 0.25) is 0 Å². The third-order valence-corrected chi connectivity index (χ3v) is 3.81. The lowest BCUT2D eigenvalue weighted by Crippen LogP contribution is -2.21. The highest BCUT2D eigenvalue weighted by Gasteiger charge is 2.13. The first-order valence-corrected chi connectivity index (χ1v) is 7.64. The van der Waals surface area contributed by atoms with E-state index in [0.29, 0.717) is 12.2 Å². The first-order chi connectivity index (χ1) is 9.60. The standard InChI is InChI=1S/C16H17FINO/c1-2-13(19)10-11-4-3-5-15(17)16(11)20-14-8-6-12(18)7-9-14/h3-9,13H,2,10,19H2,1H3. The molecule has 106 valence electrons. The van der Waals surface area contributed by atoms with Crippen molar-refractivity contribution in [2.75, 3.05) is 0 Å². The van der Waals surface area contributed by atoms with E-state index in [9.17, 15) is 4.39 Å². The van der Waals surface area contributed by atoms with Crippen LogP contribution in [-0.2, 0) is 6.42 Å². The fourth-order valence-electron chi connectivity index (χ4n) is 1.88. The summed E-state index contributed by atoms with van der Waals surface area (Å²) in [6.45, 7) is 2.02. The molecular formula is C16H17FINO. The van der Waals surface area contributed by atoms with Gasteiger partial charge in [-0.15, -0.1) is 0 Å². The van der Waals surface area contributed by atoms with Crippen molar-refractivity contribution in [2.45, 2.75) is 25.8 Å². The fourth-order valence-corrected chi connectivity index (χ4v) is 2.24. The van der Waals surface area contributed by atoms with Crippen LogP contribution in [0.25, 0.3) is 0 Å². The van der Waals surface area contributed by atoms with E-state index in [1.165, 1.54) is 6.07 Å². The number of ether oxygens (including phenoxy) is 1. The van der Waals surface area contributed by atoms with Gasteiger partial charge in [0.2, 0.25) is 0 Å². The molecule has 1 atom stereocenters. The maximum Gasteiger partial charge on any atom is 0.166 e. The molecule has 0 amide bonds. The van der Waals surface area contributed by atoms with Crippen molar-refractivity contribution in [3.63, 3.8) is 0 Å². The van der Waals surface area contributed by atoms with Gasteiger partial charge in [-0.05, 0) is 71.3 Å². The van der Waals surface area contributed by atoms with E-state index in [0.717, 1.165) is 15.6 Å². The van der Waals surface area contributed by atoms with Crippen LogP contribution in [0.3, 0.4) is 0 Å². The Morgan fingerprint density at radius 2 is 1.90 bits per heavy atom. The molecule has 20 heavy (non-hydrogen) atoms. The monoisotopic (exact) mass is 385 g/mol. The molecule has 0 aliphatic rings. The van der Waals surface area contributed by atoms with Gasteiger partial charge in [0.05, 0.1) is 0 Å². The summed E-state index contributed by atoms with van der Waals surface area (Å²) in [5.74, 6) is 0.545. The zero-order chi connectivity index (χ0) is 14.5. The lowest BCUT2D eigenvalue weighted by molar-refractivity contribution is 0.433. The summed E-state index contributed by atoms with van der Waals surface area (Å²) in [6, 6.07) is 12.5. The Labute approximate surface area is 132 Å². The lowest BCUT2D eigenvalue weighted by atomic mass is 10.0. The molecular weight excluding hydrogens is 368 g/mol. The van der Waals surface area contributed by atoms with Crippen molar-refractivity contribution in [2.24, 2.45) is 5.73 Å². The highest BCUT2D eigenvalue weighted by Crippen LogP contribution is 2.29. The highest BCUT2D eigenvalue weighted by molar-refractivity contribution is 14.1. The number of para-hydroxylation sites is 1. The minimum atomic E-state index is -0.357. The molecule has 0 heterocycles. The van der Waals surface area contributed by atoms with Crippen molar-refractivity contribution in [3.05, 3.63) is 57.4 Å². The molecule has 2 rings (SSSR count). The van der Waals surface area contributed by atoms with E-state index < -0.39 is 0 Å². The molecule has 0 saturated heterocycles. The summed E-state index contributed by atoms with van der Waals surface area (Å²) in [5.41, 5.74) is 6.76. The molecule has 0 fully saturated rings. The van der Waals surface area contributed by atoms with Gasteiger partial charge < -0.3 is 10.5 Å². The Morgan fingerprint density at radius 1 is 1.20 bits per heavy atom. The second kappa shape index (κ2) is 7.04. The molecule has 1 unspecified atom stereocenters. The molecule has 2 aromatic carbocycles. The van der Waals surface area contributed by atoms with Gasteiger partial charge in [0.25, 0.3) is 0 Å². The molecule has 0 aromatic heterocycles. The second-order valence-electron chi connectivity index (χ2n) is 4.66. The van der Waals surface area contributed by atoms with E-state index in [4.69, 9.17) is 10.5 Å². The van der Waals surface area contributed by atoms with E-state index in [1.807, 2.05) is 37.3 Å². The van der Waals surface area contributed by atoms with Crippen LogP contribution < -0.4 is 10.5 Å². The van der Waals surface area contributed by atoms with Crippen LogP contribution in [0.5, 0.6) is 11.5 Å². The van der Waals surface area contributed by atoms with Gasteiger partial charge in [0.1, 0.15) is 5.75 Å². The summed E-state index contributed by atoms with van der Waals surface area (Å²) in [7, 11) is 0. The van der Waals surface area contributed by atoms with Gasteiger partial charge in [0.15, 0.2) is 11.6 Å². The molecule has 0 aliphatic heterocycles. The van der Waals surface area contributed by atoms with Gasteiger partial charge in [-0.2, -0.15) is 0 Å². The van der Waals surface area contributed by atoms with E-state index in [2.05, 4.69) is 22.6 Å². The average molecular weight is 385 g/mol. The topological polar surface area (TPSA) is 35.2 Å². The quantitative estimate of drug-likeness (QED) is 0.770. The van der Waals surface area contributed by atoms with Gasteiger partial charge in [-0.25, -0.2) is 4.39 Å². The number of hydrogen-bond acceptors (Lipinski definition) is 2. The zero-order valence-corrected chi connectivity index (χ0v) is 13.4. The molecule has 0 bridgehead atoms. The largest absolute Gasteiger partial charge is 0.454 e. The lowest BCUT2D eigenvalue weighted by Gasteiger charge is -2.15. The maximum atomic E-state index is 14.0. The van der Waals surface area contributed by atoms with Crippen LogP contribution in [0.1, 0.15) is 18.9 Å². The van der Waals surface area contributed by atoms with E-state index in [-0.39, 0.29) is 17.6 Å². The van der Waals surface area contributed by atoms with Crippen LogP contribution in [-0.4, -0.2) is 6.04 Å². The SMILES string of the molecule is CCC(N)Cc1cccc(F)c1Oc1ccc(I)cc1. The smallest absolute Gasteiger partial charge is 0.166 e. The Hall–Kier alpha value is -1.14. The molecule has 2 N–H and O–H groups in total. The molecule has 0 saturated carbocycles. The predicted octanol–water partition coefficient (Wildman–Crippen LogP) is 4.50. The molecule has 2 aromatic rings. The Kier molecular flexibility index (Phi) is 5.37. The van der Waals surface area contributed by atoms with Crippen LogP contribution >= 0.6 is 22.6 Å². The van der Waals surface area contributed by atoms with Gasteiger partial charge >= 0.3 is 0 Å². The molecule has 4 heteroatoms. The van der Waals surface area contributed by atoms with Crippen LogP contribution in [0.4, 0.5) is 4.39 Å². The average Bonchev–Trinajstić information content (AvgIpc) is 2.44. The Balaban J connectivity index is 2.27. The van der Waals surface area contributed by atoms with Crippen molar-refractivity contribution in [1.29, 1.82) is 0 Å². The summed E-state index contributed by atoms with van der Waals surface area (Å²) in [6.07, 6.45) is 1.45. The Morgan fingerprint density at radius 3 is 2.55 bits per heavy atom. The van der Waals surface area contributed by atoms with Crippen molar-refractivity contribution < 1.29 is 9.13 Å². The second-order valence-corrected chi connectivity index (χ2v) is 5.90. The number of hydrogen-bond donors (Lipinski definition) is 1. The van der Waals surface area contributed by atoms with Gasteiger partial charge in [-0.1, -0.05) is 19.1 Å². The number of rotatable bonds is 5. The molecule has 2 nitrogen and oxygen atoms in total. The minimum Gasteiger partial charge on any atom is -0.454 e. The van der Waals surface area contributed by atoms with Crippen LogP contribution in [0, 0.1) is 9.39 Å². The highest BCUT2D eigenvalue weighted by atomic mass is 127. The predicted molar refractivity (Wildman–Crippen MR) is 87.6 cm³/mol. The molecule has 0 aliphatic carbocycles. The third kappa shape index (κ3) is 3.93. The summed E-state index contributed by atoms with van der Waals surface area (Å²) >= 11 is 2.22. The summed E-state index contributed by atoms with van der Waals surface area (Å²) in [4.78, 5) is 0. The zero-order valence-electron chi connectivity index (χ0n) is 11.3. The maximum absolute atomic E-state index is 14.0. The van der Waals surface area contributed by atoms with Gasteiger partial charge in [-0.3, -0.25) is 0 Å². The number of halogens is 2. The van der Waals surface area contributed by atoms with Crippen molar-refractivity contribution >= 4 is 22.6 Å². The third-order valence-electron chi connectivity index (χ3n) is 3.09. The van der Waals surface area contributed by atoms with Gasteiger partial charge in [0, 0.05) is 9.61 Å². The first-order valence-electron chi connectivity index (χ1n) is 6.56. The first kappa shape index (κ1) is 15.3. The fraction of sp³-hybridized carbons (Fsp3) is 0.250. The van der Waals surface area contributed by atoms with Crippen LogP contribution in [0.15, 0.2) is 42.5 Å². The van der Waals surface area contributed by atoms with E-state index in [1.54, 1.807) is 6.07 Å². The van der Waals surface area contributed by atoms with E-state index >= 15 is 0 Å². The Bertz CT molecular complexity index is 571. The van der Waals surface area contributed by atoms with Crippen molar-refractivity contribution in [3.8, 4) is 11.5 Å². The molecule has 0 radical (unpaired) electrons. The summed E-state index contributed by atoms with van der Waals surface area (Å²) in [5, 5.41) is 0. The minimum absolute atomic E-state index is 0.0101.